The van der Waals surface area contributed by atoms with Crippen molar-refractivity contribution in [3.8, 4) is 0 Å². The van der Waals surface area contributed by atoms with Crippen molar-refractivity contribution in [1.82, 2.24) is 0 Å². The van der Waals surface area contributed by atoms with Gasteiger partial charge in [-0.1, -0.05) is 25.1 Å². The Morgan fingerprint density at radius 3 is 2.48 bits per heavy atom. The third-order valence-electron chi connectivity index (χ3n) is 3.67. The van der Waals surface area contributed by atoms with Gasteiger partial charge in [-0.05, 0) is 48.9 Å². The lowest BCUT2D eigenvalue weighted by molar-refractivity contribution is -0.120. The molecule has 1 aromatic heterocycles. The molecule has 0 spiro atoms. The molecule has 0 aliphatic heterocycles. The second kappa shape index (κ2) is 6.63. The first-order chi connectivity index (χ1) is 9.95. The summed E-state index contributed by atoms with van der Waals surface area (Å²) in [6.07, 6.45) is 0. The zero-order valence-electron chi connectivity index (χ0n) is 12.5. The quantitative estimate of drug-likeness (QED) is 0.771. The first-order valence-electron chi connectivity index (χ1n) is 6.96. The van der Waals surface area contributed by atoms with Crippen LogP contribution in [-0.2, 0) is 10.2 Å². The highest BCUT2D eigenvalue weighted by Crippen LogP contribution is 2.29. The molecule has 0 aliphatic carbocycles. The Morgan fingerprint density at radius 2 is 1.95 bits per heavy atom. The topological polar surface area (TPSA) is 29.1 Å². The van der Waals surface area contributed by atoms with Gasteiger partial charge < -0.3 is 5.32 Å². The van der Waals surface area contributed by atoms with E-state index in [1.165, 1.54) is 5.56 Å². The van der Waals surface area contributed by atoms with Crippen LogP contribution in [0.2, 0.25) is 0 Å². The minimum absolute atomic E-state index is 0.00286. The fourth-order valence-electron chi connectivity index (χ4n) is 2.02. The van der Waals surface area contributed by atoms with E-state index in [9.17, 15) is 4.79 Å². The van der Waals surface area contributed by atoms with E-state index >= 15 is 0 Å². The molecule has 4 heteroatoms. The fraction of sp³-hybridized carbons (Fsp3) is 0.353. The van der Waals surface area contributed by atoms with Crippen molar-refractivity contribution >= 4 is 34.5 Å². The van der Waals surface area contributed by atoms with E-state index in [-0.39, 0.29) is 5.91 Å². The Labute approximate surface area is 135 Å². The molecule has 1 unspecified atom stereocenters. The molecular formula is C17H20ClNOS. The molecule has 112 valence electrons. The second-order valence-electron chi connectivity index (χ2n) is 5.73. The predicted molar refractivity (Wildman–Crippen MR) is 91.6 cm³/mol. The number of carbonyl (C=O) groups is 1. The molecule has 0 saturated heterocycles. The van der Waals surface area contributed by atoms with E-state index in [2.05, 4.69) is 12.2 Å². The van der Waals surface area contributed by atoms with Gasteiger partial charge in [0.1, 0.15) is 0 Å². The molecule has 1 atom stereocenters. The lowest BCUT2D eigenvalue weighted by atomic mass is 9.90. The largest absolute Gasteiger partial charge is 0.325 e. The number of halogens is 1. The highest BCUT2D eigenvalue weighted by atomic mass is 35.5. The number of anilines is 1. The van der Waals surface area contributed by atoms with Crippen LogP contribution in [0.5, 0.6) is 0 Å². The van der Waals surface area contributed by atoms with E-state index < -0.39 is 5.41 Å². The van der Waals surface area contributed by atoms with Crippen LogP contribution < -0.4 is 5.32 Å². The molecule has 2 rings (SSSR count). The third kappa shape index (κ3) is 3.66. The van der Waals surface area contributed by atoms with Crippen LogP contribution in [0.25, 0.3) is 0 Å². The summed E-state index contributed by atoms with van der Waals surface area (Å²) in [5, 5.41) is 4.98. The number of carbonyl (C=O) groups excluding carboxylic acids is 1. The number of benzene rings is 1. The zero-order valence-corrected chi connectivity index (χ0v) is 14.1. The number of hydrogen-bond donors (Lipinski definition) is 1. The van der Waals surface area contributed by atoms with E-state index in [1.807, 2.05) is 55.6 Å². The molecule has 2 aromatic rings. The predicted octanol–water partition coefficient (Wildman–Crippen LogP) is 5.01. The van der Waals surface area contributed by atoms with Gasteiger partial charge >= 0.3 is 0 Å². The minimum atomic E-state index is -0.531. The zero-order chi connectivity index (χ0) is 15.5. The SMILES string of the molecule is CC(CCl)c1ccc(NC(=O)C(C)(C)c2cccs2)cc1. The van der Waals surface area contributed by atoms with Crippen molar-refractivity contribution in [3.05, 3.63) is 52.2 Å². The van der Waals surface area contributed by atoms with Gasteiger partial charge in [-0.2, -0.15) is 0 Å². The molecule has 1 heterocycles. The summed E-state index contributed by atoms with van der Waals surface area (Å²) in [5.41, 5.74) is 1.46. The molecule has 0 fully saturated rings. The van der Waals surface area contributed by atoms with Crippen LogP contribution in [0.3, 0.4) is 0 Å². The Morgan fingerprint density at radius 1 is 1.29 bits per heavy atom. The Bertz CT molecular complexity index is 590. The summed E-state index contributed by atoms with van der Waals surface area (Å²) in [6, 6.07) is 11.9. The lowest BCUT2D eigenvalue weighted by Crippen LogP contribution is -2.33. The van der Waals surface area contributed by atoms with E-state index in [0.717, 1.165) is 10.6 Å². The maximum atomic E-state index is 12.5. The van der Waals surface area contributed by atoms with Crippen LogP contribution in [0.1, 0.15) is 37.1 Å². The van der Waals surface area contributed by atoms with Crippen LogP contribution in [-0.4, -0.2) is 11.8 Å². The summed E-state index contributed by atoms with van der Waals surface area (Å²) in [6.45, 7) is 5.97. The first-order valence-corrected chi connectivity index (χ1v) is 8.38. The highest BCUT2D eigenvalue weighted by molar-refractivity contribution is 7.10. The van der Waals surface area contributed by atoms with E-state index in [0.29, 0.717) is 11.8 Å². The van der Waals surface area contributed by atoms with Gasteiger partial charge in [0.2, 0.25) is 5.91 Å². The van der Waals surface area contributed by atoms with Gasteiger partial charge in [0.25, 0.3) is 0 Å². The number of rotatable bonds is 5. The van der Waals surface area contributed by atoms with Crippen molar-refractivity contribution in [2.45, 2.75) is 32.1 Å². The highest BCUT2D eigenvalue weighted by Gasteiger charge is 2.30. The molecule has 0 aliphatic rings. The van der Waals surface area contributed by atoms with Crippen LogP contribution in [0.4, 0.5) is 5.69 Å². The number of hydrogen-bond acceptors (Lipinski definition) is 2. The monoisotopic (exact) mass is 321 g/mol. The van der Waals surface area contributed by atoms with Crippen molar-refractivity contribution in [3.63, 3.8) is 0 Å². The molecule has 1 amide bonds. The summed E-state index contributed by atoms with van der Waals surface area (Å²) < 4.78 is 0. The summed E-state index contributed by atoms with van der Waals surface area (Å²) in [4.78, 5) is 13.5. The minimum Gasteiger partial charge on any atom is -0.325 e. The maximum absolute atomic E-state index is 12.5. The molecule has 0 bridgehead atoms. The molecule has 1 aromatic carbocycles. The molecule has 0 radical (unpaired) electrons. The summed E-state index contributed by atoms with van der Waals surface area (Å²) in [7, 11) is 0. The van der Waals surface area contributed by atoms with Gasteiger partial charge in [-0.3, -0.25) is 4.79 Å². The van der Waals surface area contributed by atoms with Gasteiger partial charge in [0.05, 0.1) is 5.41 Å². The van der Waals surface area contributed by atoms with Crippen molar-refractivity contribution in [2.24, 2.45) is 0 Å². The van der Waals surface area contributed by atoms with Gasteiger partial charge in [0.15, 0.2) is 0 Å². The van der Waals surface area contributed by atoms with Gasteiger partial charge in [0, 0.05) is 16.4 Å². The normalized spacial score (nSPS) is 13.0. The molecule has 21 heavy (non-hydrogen) atoms. The molecular weight excluding hydrogens is 302 g/mol. The molecule has 1 N–H and O–H groups in total. The average Bonchev–Trinajstić information content (AvgIpc) is 3.02. The van der Waals surface area contributed by atoms with Crippen LogP contribution >= 0.6 is 22.9 Å². The maximum Gasteiger partial charge on any atom is 0.235 e. The van der Waals surface area contributed by atoms with Crippen molar-refractivity contribution in [2.75, 3.05) is 11.2 Å². The third-order valence-corrected chi connectivity index (χ3v) is 5.33. The van der Waals surface area contributed by atoms with E-state index in [1.54, 1.807) is 11.3 Å². The van der Waals surface area contributed by atoms with Crippen LogP contribution in [0, 0.1) is 0 Å². The standard InChI is InChI=1S/C17H20ClNOS/c1-12(11-18)13-6-8-14(9-7-13)19-16(20)17(2,3)15-5-4-10-21-15/h4-10,12H,11H2,1-3H3,(H,19,20). The number of alkyl halides is 1. The van der Waals surface area contributed by atoms with E-state index in [4.69, 9.17) is 11.6 Å². The van der Waals surface area contributed by atoms with Gasteiger partial charge in [-0.25, -0.2) is 0 Å². The smallest absolute Gasteiger partial charge is 0.235 e. The second-order valence-corrected chi connectivity index (χ2v) is 6.99. The van der Waals surface area contributed by atoms with Crippen molar-refractivity contribution < 1.29 is 4.79 Å². The fourth-order valence-corrected chi connectivity index (χ4v) is 3.04. The molecule has 0 saturated carbocycles. The first kappa shape index (κ1) is 16.1. The van der Waals surface area contributed by atoms with Gasteiger partial charge in [-0.15, -0.1) is 22.9 Å². The summed E-state index contributed by atoms with van der Waals surface area (Å²) in [5.74, 6) is 0.916. The Hall–Kier alpha value is -1.32. The number of thiophene rings is 1. The number of amides is 1. The summed E-state index contributed by atoms with van der Waals surface area (Å²) >= 11 is 7.46. The molecule has 2 nitrogen and oxygen atoms in total. The van der Waals surface area contributed by atoms with Crippen LogP contribution in [0.15, 0.2) is 41.8 Å². The average molecular weight is 322 g/mol. The Kier molecular flexibility index (Phi) is 5.07. The van der Waals surface area contributed by atoms with Crippen molar-refractivity contribution in [1.29, 1.82) is 0 Å². The number of nitrogens with one attached hydrogen (secondary N) is 1. The lowest BCUT2D eigenvalue weighted by Gasteiger charge is -2.22. The Balaban J connectivity index is 2.09.